The van der Waals surface area contributed by atoms with Gasteiger partial charge in [0.2, 0.25) is 0 Å². The molecule has 34 heavy (non-hydrogen) atoms. The van der Waals surface area contributed by atoms with Crippen molar-refractivity contribution in [3.8, 4) is 0 Å². The van der Waals surface area contributed by atoms with Crippen LogP contribution in [0.1, 0.15) is 75.6 Å². The van der Waals surface area contributed by atoms with Crippen LogP contribution in [0.2, 0.25) is 0 Å². The van der Waals surface area contributed by atoms with Crippen molar-refractivity contribution in [2.45, 2.75) is 88.6 Å². The van der Waals surface area contributed by atoms with Gasteiger partial charge in [-0.3, -0.25) is 9.80 Å². The number of nitrogens with zero attached hydrogens (tertiary/aromatic N) is 6. The van der Waals surface area contributed by atoms with Crippen molar-refractivity contribution >= 4 is 15.8 Å². The second-order valence-electron chi connectivity index (χ2n) is 10.4. The molecule has 184 valence electrons. The molecule has 0 spiro atoms. The summed E-state index contributed by atoms with van der Waals surface area (Å²) in [6.45, 7) is 1.93. The fourth-order valence-corrected chi connectivity index (χ4v) is 12.5. The molecule has 3 aliphatic rings. The van der Waals surface area contributed by atoms with E-state index < -0.39 is 0 Å². The van der Waals surface area contributed by atoms with Crippen molar-refractivity contribution in [1.82, 2.24) is 30.2 Å². The first kappa shape index (κ1) is 24.6. The number of hydrogen-bond donors (Lipinski definition) is 0. The summed E-state index contributed by atoms with van der Waals surface area (Å²) in [5, 5.41) is 17.3. The lowest BCUT2D eigenvalue weighted by atomic mass is 10.0. The van der Waals surface area contributed by atoms with Gasteiger partial charge in [-0.05, 0) is 61.3 Å². The minimum absolute atomic E-state index is 0.0752. The molecule has 2 aromatic rings. The van der Waals surface area contributed by atoms with E-state index in [4.69, 9.17) is 0 Å². The molecule has 0 unspecified atom stereocenters. The van der Waals surface area contributed by atoms with Crippen LogP contribution in [-0.4, -0.2) is 66.7 Å². The summed E-state index contributed by atoms with van der Waals surface area (Å²) in [6, 6.07) is 8.42. The lowest BCUT2D eigenvalue weighted by Crippen LogP contribution is -2.38. The van der Waals surface area contributed by atoms with Gasteiger partial charge in [0.05, 0.1) is 11.4 Å². The molecule has 2 saturated carbocycles. The maximum Gasteiger partial charge on any atom is 0.0771 e. The Morgan fingerprint density at radius 2 is 1.03 bits per heavy atom. The summed E-state index contributed by atoms with van der Waals surface area (Å²) in [5.74, 6) is 0. The summed E-state index contributed by atoms with van der Waals surface area (Å²) in [4.78, 5) is 5.62. The molecule has 0 atom stereocenters. The summed E-state index contributed by atoms with van der Waals surface area (Å²) >= 11 is 0. The van der Waals surface area contributed by atoms with E-state index in [1.165, 1.54) is 89.4 Å². The van der Waals surface area contributed by atoms with Crippen LogP contribution in [0.5, 0.6) is 0 Å². The molecule has 0 aromatic carbocycles. The third-order valence-electron chi connectivity index (χ3n) is 7.74. The van der Waals surface area contributed by atoms with Crippen molar-refractivity contribution in [1.29, 1.82) is 0 Å². The van der Waals surface area contributed by atoms with Gasteiger partial charge < -0.3 is 0 Å². The second kappa shape index (κ2) is 12.8. The molecule has 0 N–H and O–H groups in total. The normalized spacial score (nSPS) is 26.7. The average Bonchev–Trinajstić information content (AvgIpc) is 2.89. The SMILES string of the molecule is c1cnnc(CN2CP(C3CCCCC3)CN(Cc3cccnn3)CP(C3CCCCC3)C2)c1. The first-order valence-corrected chi connectivity index (χ1v) is 16.9. The molecule has 2 aromatic heterocycles. The van der Waals surface area contributed by atoms with E-state index in [1.54, 1.807) is 12.4 Å². The maximum atomic E-state index is 4.47. The van der Waals surface area contributed by atoms with Crippen LogP contribution >= 0.6 is 15.8 Å². The van der Waals surface area contributed by atoms with E-state index in [0.717, 1.165) is 35.8 Å². The van der Waals surface area contributed by atoms with Crippen molar-refractivity contribution < 1.29 is 0 Å². The monoisotopic (exact) mass is 498 g/mol. The molecule has 5 rings (SSSR count). The highest BCUT2D eigenvalue weighted by atomic mass is 31.1. The zero-order chi connectivity index (χ0) is 23.0. The molecule has 8 heteroatoms. The largest absolute Gasteiger partial charge is 0.289 e. The Morgan fingerprint density at radius 3 is 1.38 bits per heavy atom. The van der Waals surface area contributed by atoms with E-state index >= 15 is 0 Å². The van der Waals surface area contributed by atoms with Crippen LogP contribution in [0.3, 0.4) is 0 Å². The van der Waals surface area contributed by atoms with E-state index in [9.17, 15) is 0 Å². The zero-order valence-corrected chi connectivity index (χ0v) is 22.3. The highest BCUT2D eigenvalue weighted by molar-refractivity contribution is 7.60. The second-order valence-corrected chi connectivity index (χ2v) is 15.4. The molecular weight excluding hydrogens is 458 g/mol. The zero-order valence-electron chi connectivity index (χ0n) is 20.5. The van der Waals surface area contributed by atoms with Crippen LogP contribution in [0, 0.1) is 0 Å². The third-order valence-corrected chi connectivity index (χ3v) is 13.9. The molecule has 0 radical (unpaired) electrons. The molecule has 1 aliphatic heterocycles. The van der Waals surface area contributed by atoms with Gasteiger partial charge >= 0.3 is 0 Å². The number of hydrogen-bond acceptors (Lipinski definition) is 6. The van der Waals surface area contributed by atoms with E-state index in [2.05, 4.69) is 42.3 Å². The van der Waals surface area contributed by atoms with Crippen LogP contribution < -0.4 is 0 Å². The highest BCUT2D eigenvalue weighted by Gasteiger charge is 2.34. The highest BCUT2D eigenvalue weighted by Crippen LogP contribution is 2.55. The Kier molecular flexibility index (Phi) is 9.25. The molecule has 0 bridgehead atoms. The van der Waals surface area contributed by atoms with Crippen LogP contribution in [0.15, 0.2) is 36.7 Å². The van der Waals surface area contributed by atoms with Crippen molar-refractivity contribution in [3.63, 3.8) is 0 Å². The standard InChI is InChI=1S/C26H40N6P2/c1-3-11-25(12-4-1)33-19-31(17-23-9-7-15-27-29-23)21-34(26-13-5-2-6-14-26)22-32(20-33)18-24-10-8-16-28-30-24/h7-10,15-16,25-26H,1-6,11-14,17-22H2. The summed E-state index contributed by atoms with van der Waals surface area (Å²) in [5.41, 5.74) is 4.10. The van der Waals surface area contributed by atoms with Gasteiger partial charge in [0.1, 0.15) is 0 Å². The smallest absolute Gasteiger partial charge is 0.0771 e. The van der Waals surface area contributed by atoms with Crippen molar-refractivity contribution in [2.24, 2.45) is 0 Å². The fraction of sp³-hybridized carbons (Fsp3) is 0.692. The maximum absolute atomic E-state index is 4.47. The first-order chi connectivity index (χ1) is 16.8. The van der Waals surface area contributed by atoms with E-state index in [0.29, 0.717) is 0 Å². The summed E-state index contributed by atoms with van der Waals surface area (Å²) < 4.78 is 0. The first-order valence-electron chi connectivity index (χ1n) is 13.3. The van der Waals surface area contributed by atoms with E-state index in [1.807, 2.05) is 12.1 Å². The predicted molar refractivity (Wildman–Crippen MR) is 142 cm³/mol. The average molecular weight is 499 g/mol. The third kappa shape index (κ3) is 7.00. The lowest BCUT2D eigenvalue weighted by Gasteiger charge is -2.45. The molecule has 3 heterocycles. The van der Waals surface area contributed by atoms with Crippen LogP contribution in [0.25, 0.3) is 0 Å². The predicted octanol–water partition coefficient (Wildman–Crippen LogP) is 6.04. The summed E-state index contributed by atoms with van der Waals surface area (Å²) in [6.07, 6.45) is 22.9. The fourth-order valence-electron chi connectivity index (χ4n) is 6.05. The minimum atomic E-state index is -0.0752. The Bertz CT molecular complexity index is 761. The van der Waals surface area contributed by atoms with Crippen molar-refractivity contribution in [2.75, 3.05) is 25.1 Å². The van der Waals surface area contributed by atoms with Gasteiger partial charge in [-0.1, -0.05) is 54.4 Å². The molecule has 6 nitrogen and oxygen atoms in total. The van der Waals surface area contributed by atoms with Gasteiger partial charge in [0.25, 0.3) is 0 Å². The lowest BCUT2D eigenvalue weighted by molar-refractivity contribution is 0.315. The summed E-state index contributed by atoms with van der Waals surface area (Å²) in [7, 11) is -0.150. The Labute approximate surface area is 207 Å². The van der Waals surface area contributed by atoms with Gasteiger partial charge in [-0.25, -0.2) is 0 Å². The minimum Gasteiger partial charge on any atom is -0.289 e. The molecule has 2 aliphatic carbocycles. The molecular formula is C26H40N6P2. The van der Waals surface area contributed by atoms with Crippen LogP contribution in [-0.2, 0) is 13.1 Å². The molecule has 1 saturated heterocycles. The number of rotatable bonds is 6. The van der Waals surface area contributed by atoms with Gasteiger partial charge in [-0.2, -0.15) is 20.4 Å². The Hall–Kier alpha value is -1.06. The van der Waals surface area contributed by atoms with Crippen LogP contribution in [0.4, 0.5) is 0 Å². The van der Waals surface area contributed by atoms with Gasteiger partial charge in [0, 0.05) is 50.6 Å². The van der Waals surface area contributed by atoms with E-state index in [-0.39, 0.29) is 15.8 Å². The quantitative estimate of drug-likeness (QED) is 0.453. The van der Waals surface area contributed by atoms with Crippen molar-refractivity contribution in [3.05, 3.63) is 48.0 Å². The number of aromatic nitrogens is 4. The Morgan fingerprint density at radius 1 is 0.618 bits per heavy atom. The van der Waals surface area contributed by atoms with Gasteiger partial charge in [0.15, 0.2) is 0 Å². The molecule has 3 fully saturated rings. The van der Waals surface area contributed by atoms with Gasteiger partial charge in [-0.15, -0.1) is 0 Å². The topological polar surface area (TPSA) is 58.0 Å². The molecule has 0 amide bonds. The Balaban J connectivity index is 1.38.